The van der Waals surface area contributed by atoms with E-state index in [1.165, 1.54) is 18.2 Å². The van der Waals surface area contributed by atoms with E-state index >= 15 is 0 Å². The maximum absolute atomic E-state index is 13.7. The van der Waals surface area contributed by atoms with Crippen LogP contribution in [0, 0.1) is 5.82 Å². The van der Waals surface area contributed by atoms with Gasteiger partial charge < -0.3 is 5.32 Å². The molecule has 1 N–H and O–H groups in total. The van der Waals surface area contributed by atoms with Gasteiger partial charge in [-0.15, -0.1) is 0 Å². The number of alkyl halides is 3. The molecule has 1 nitrogen and oxygen atoms in total. The minimum absolute atomic E-state index is 0.282. The molecule has 2 aromatic carbocycles. The van der Waals surface area contributed by atoms with Gasteiger partial charge in [-0.25, -0.2) is 4.39 Å². The van der Waals surface area contributed by atoms with Gasteiger partial charge >= 0.3 is 6.18 Å². The summed E-state index contributed by atoms with van der Waals surface area (Å²) in [5.74, 6) is -0.428. The van der Waals surface area contributed by atoms with Crippen LogP contribution in [-0.4, -0.2) is 0 Å². The molecule has 112 valence electrons. The van der Waals surface area contributed by atoms with Crippen LogP contribution in [0.4, 0.5) is 23.2 Å². The van der Waals surface area contributed by atoms with E-state index in [-0.39, 0.29) is 11.7 Å². The monoisotopic (exact) mass is 361 g/mol. The molecule has 1 unspecified atom stereocenters. The Morgan fingerprint density at radius 3 is 2.19 bits per heavy atom. The minimum atomic E-state index is -4.36. The third kappa shape index (κ3) is 3.75. The van der Waals surface area contributed by atoms with Crippen molar-refractivity contribution in [3.05, 3.63) is 63.9 Å². The van der Waals surface area contributed by atoms with Crippen LogP contribution >= 0.6 is 15.9 Å². The molecule has 0 saturated carbocycles. The number of anilines is 1. The molecule has 2 aromatic rings. The molecular weight excluding hydrogens is 350 g/mol. The van der Waals surface area contributed by atoms with E-state index in [0.29, 0.717) is 10.0 Å². The van der Waals surface area contributed by atoms with Crippen molar-refractivity contribution in [2.24, 2.45) is 0 Å². The van der Waals surface area contributed by atoms with E-state index in [0.717, 1.165) is 12.1 Å². The molecule has 0 aliphatic heterocycles. The highest BCUT2D eigenvalue weighted by Crippen LogP contribution is 2.32. The normalized spacial score (nSPS) is 13.0. The van der Waals surface area contributed by atoms with E-state index < -0.39 is 17.6 Å². The Bertz CT molecular complexity index is 602. The quantitative estimate of drug-likeness (QED) is 0.683. The first kappa shape index (κ1) is 15.8. The first-order valence-electron chi connectivity index (χ1n) is 6.16. The summed E-state index contributed by atoms with van der Waals surface area (Å²) in [6.07, 6.45) is -4.36. The van der Waals surface area contributed by atoms with Gasteiger partial charge in [0.25, 0.3) is 0 Å². The highest BCUT2D eigenvalue weighted by Gasteiger charge is 2.30. The average Bonchev–Trinajstić information content (AvgIpc) is 2.42. The zero-order valence-corrected chi connectivity index (χ0v) is 12.6. The summed E-state index contributed by atoms with van der Waals surface area (Å²) in [5.41, 5.74) is 0.216. The van der Waals surface area contributed by atoms with Crippen LogP contribution in [0.2, 0.25) is 0 Å². The molecule has 21 heavy (non-hydrogen) atoms. The smallest absolute Gasteiger partial charge is 0.375 e. The Kier molecular flexibility index (Phi) is 4.56. The molecule has 0 fully saturated rings. The molecule has 0 spiro atoms. The molecule has 0 aliphatic carbocycles. The van der Waals surface area contributed by atoms with Gasteiger partial charge in [0, 0.05) is 10.5 Å². The highest BCUT2D eigenvalue weighted by molar-refractivity contribution is 9.10. The van der Waals surface area contributed by atoms with E-state index in [4.69, 9.17) is 0 Å². The van der Waals surface area contributed by atoms with E-state index in [2.05, 4.69) is 21.2 Å². The third-order valence-electron chi connectivity index (χ3n) is 3.06. The van der Waals surface area contributed by atoms with Crippen molar-refractivity contribution in [2.45, 2.75) is 19.1 Å². The maximum atomic E-state index is 13.7. The summed E-state index contributed by atoms with van der Waals surface area (Å²) in [5, 5.41) is 2.95. The third-order valence-corrected chi connectivity index (χ3v) is 3.72. The molecule has 0 radical (unpaired) electrons. The summed E-state index contributed by atoms with van der Waals surface area (Å²) in [7, 11) is 0. The number of para-hydroxylation sites is 1. The van der Waals surface area contributed by atoms with Crippen LogP contribution in [0.15, 0.2) is 46.9 Å². The van der Waals surface area contributed by atoms with E-state index in [1.807, 2.05) is 0 Å². The maximum Gasteiger partial charge on any atom is 0.416 e. The van der Waals surface area contributed by atoms with Crippen molar-refractivity contribution in [1.29, 1.82) is 0 Å². The summed E-state index contributed by atoms with van der Waals surface area (Å²) in [4.78, 5) is 0. The zero-order valence-electron chi connectivity index (χ0n) is 11.0. The molecule has 6 heteroatoms. The molecule has 0 heterocycles. The van der Waals surface area contributed by atoms with Crippen molar-refractivity contribution >= 4 is 21.6 Å². The molecule has 0 aliphatic rings. The molecule has 0 aromatic heterocycles. The van der Waals surface area contributed by atoms with Crippen molar-refractivity contribution in [1.82, 2.24) is 0 Å². The second kappa shape index (κ2) is 6.05. The Labute approximate surface area is 128 Å². The highest BCUT2D eigenvalue weighted by atomic mass is 79.9. The number of rotatable bonds is 3. The van der Waals surface area contributed by atoms with Crippen molar-refractivity contribution in [2.75, 3.05) is 5.32 Å². The molecule has 2 rings (SSSR count). The van der Waals surface area contributed by atoms with Crippen LogP contribution in [-0.2, 0) is 6.18 Å². The van der Waals surface area contributed by atoms with Crippen molar-refractivity contribution in [3.63, 3.8) is 0 Å². The second-order valence-electron chi connectivity index (χ2n) is 4.58. The predicted molar refractivity (Wildman–Crippen MR) is 77.6 cm³/mol. The van der Waals surface area contributed by atoms with Crippen LogP contribution in [0.25, 0.3) is 0 Å². The number of hydrogen-bond acceptors (Lipinski definition) is 1. The van der Waals surface area contributed by atoms with Gasteiger partial charge in [-0.2, -0.15) is 13.2 Å². The van der Waals surface area contributed by atoms with E-state index in [9.17, 15) is 17.6 Å². The fourth-order valence-corrected chi connectivity index (χ4v) is 2.35. The minimum Gasteiger partial charge on any atom is -0.375 e. The lowest BCUT2D eigenvalue weighted by molar-refractivity contribution is -0.137. The number of nitrogens with one attached hydrogen (secondary N) is 1. The van der Waals surface area contributed by atoms with Gasteiger partial charge in [-0.1, -0.05) is 18.2 Å². The lowest BCUT2D eigenvalue weighted by atomic mass is 10.1. The molecular formula is C15H12BrF4N. The lowest BCUT2D eigenvalue weighted by Gasteiger charge is -2.18. The Morgan fingerprint density at radius 1 is 1.05 bits per heavy atom. The van der Waals surface area contributed by atoms with Gasteiger partial charge in [-0.3, -0.25) is 0 Å². The SMILES string of the molecule is CC(Nc1c(F)cccc1Br)c1ccc(C(F)(F)F)cc1. The summed E-state index contributed by atoms with van der Waals surface area (Å²) in [6, 6.07) is 9.03. The summed E-state index contributed by atoms with van der Waals surface area (Å²) < 4.78 is 51.8. The van der Waals surface area contributed by atoms with Crippen molar-refractivity contribution < 1.29 is 17.6 Å². The molecule has 0 bridgehead atoms. The largest absolute Gasteiger partial charge is 0.416 e. The van der Waals surface area contributed by atoms with Crippen LogP contribution in [0.3, 0.4) is 0 Å². The van der Waals surface area contributed by atoms with Crippen LogP contribution in [0.5, 0.6) is 0 Å². The van der Waals surface area contributed by atoms with Gasteiger partial charge in [0.15, 0.2) is 0 Å². The fraction of sp³-hybridized carbons (Fsp3) is 0.200. The zero-order chi connectivity index (χ0) is 15.6. The lowest BCUT2D eigenvalue weighted by Crippen LogP contribution is -2.10. The van der Waals surface area contributed by atoms with Gasteiger partial charge in [0.2, 0.25) is 0 Å². The topological polar surface area (TPSA) is 12.0 Å². The molecule has 0 amide bonds. The molecule has 1 atom stereocenters. The summed E-state index contributed by atoms with van der Waals surface area (Å²) >= 11 is 3.23. The Balaban J connectivity index is 2.19. The predicted octanol–water partition coefficient (Wildman–Crippen LogP) is 5.78. The van der Waals surface area contributed by atoms with Crippen LogP contribution in [0.1, 0.15) is 24.1 Å². The number of halogens is 5. The first-order valence-corrected chi connectivity index (χ1v) is 6.96. The standard InChI is InChI=1S/C15H12BrF4N/c1-9(21-14-12(16)3-2-4-13(14)17)10-5-7-11(8-6-10)15(18,19)20/h2-9,21H,1H3. The Hall–Kier alpha value is -1.56. The van der Waals surface area contributed by atoms with E-state index in [1.54, 1.807) is 19.1 Å². The van der Waals surface area contributed by atoms with Gasteiger partial charge in [0.05, 0.1) is 11.3 Å². The molecule has 0 saturated heterocycles. The Morgan fingerprint density at radius 2 is 1.67 bits per heavy atom. The number of hydrogen-bond donors (Lipinski definition) is 1. The summed E-state index contributed by atoms with van der Waals surface area (Å²) in [6.45, 7) is 1.75. The first-order chi connectivity index (χ1) is 9.79. The average molecular weight is 362 g/mol. The fourth-order valence-electron chi connectivity index (χ4n) is 1.90. The van der Waals surface area contributed by atoms with Crippen LogP contribution < -0.4 is 5.32 Å². The second-order valence-corrected chi connectivity index (χ2v) is 5.44. The van der Waals surface area contributed by atoms with Gasteiger partial charge in [0.1, 0.15) is 5.82 Å². The van der Waals surface area contributed by atoms with Crippen molar-refractivity contribution in [3.8, 4) is 0 Å². The number of benzene rings is 2. The van der Waals surface area contributed by atoms with Gasteiger partial charge in [-0.05, 0) is 52.7 Å².